The summed E-state index contributed by atoms with van der Waals surface area (Å²) in [7, 11) is 0. The van der Waals surface area contributed by atoms with Gasteiger partial charge in [0.15, 0.2) is 0 Å². The van der Waals surface area contributed by atoms with E-state index in [-0.39, 0.29) is 0 Å². The summed E-state index contributed by atoms with van der Waals surface area (Å²) < 4.78 is 5.71. The van der Waals surface area contributed by atoms with Crippen LogP contribution in [-0.4, -0.2) is 13.2 Å². The fourth-order valence-electron chi connectivity index (χ4n) is 2.14. The minimum absolute atomic E-state index is 0.586. The average Bonchev–Trinajstić information content (AvgIpc) is 3.15. The molecule has 1 aliphatic rings. The zero-order valence-corrected chi connectivity index (χ0v) is 12.4. The molecule has 0 aliphatic heterocycles. The van der Waals surface area contributed by atoms with Gasteiger partial charge in [0.05, 0.1) is 6.61 Å². The van der Waals surface area contributed by atoms with Crippen molar-refractivity contribution in [2.75, 3.05) is 13.2 Å². The van der Waals surface area contributed by atoms with Crippen LogP contribution >= 0.6 is 0 Å². The van der Waals surface area contributed by atoms with E-state index in [1.54, 1.807) is 0 Å². The highest BCUT2D eigenvalue weighted by Gasteiger charge is 2.36. The molecular weight excluding hydrogens is 234 g/mol. The van der Waals surface area contributed by atoms with Crippen LogP contribution in [0.25, 0.3) is 0 Å². The smallest absolute Gasteiger partial charge is 0.119 e. The highest BCUT2D eigenvalue weighted by atomic mass is 16.5. The predicted molar refractivity (Wildman–Crippen MR) is 80.5 cm³/mol. The van der Waals surface area contributed by atoms with Crippen LogP contribution in [0, 0.1) is 5.41 Å². The molecule has 0 radical (unpaired) electrons. The van der Waals surface area contributed by atoms with E-state index in [2.05, 4.69) is 43.4 Å². The number of ether oxygens (including phenoxy) is 1. The molecule has 0 spiro atoms. The molecule has 19 heavy (non-hydrogen) atoms. The summed E-state index contributed by atoms with van der Waals surface area (Å²) in [5.41, 5.74) is 1.92. The van der Waals surface area contributed by atoms with E-state index in [0.29, 0.717) is 5.41 Å². The zero-order chi connectivity index (χ0) is 13.6. The molecule has 106 valence electrons. The van der Waals surface area contributed by atoms with Gasteiger partial charge in [-0.1, -0.05) is 38.8 Å². The third-order valence-corrected chi connectivity index (χ3v) is 3.92. The van der Waals surface area contributed by atoms with E-state index in [0.717, 1.165) is 31.9 Å². The number of hydrogen-bond acceptors (Lipinski definition) is 2. The monoisotopic (exact) mass is 261 g/mol. The van der Waals surface area contributed by atoms with Gasteiger partial charge in [-0.25, -0.2) is 0 Å². The predicted octanol–water partition coefficient (Wildman–Crippen LogP) is 4.15. The number of benzene rings is 1. The third kappa shape index (κ3) is 5.23. The second-order valence-electron chi connectivity index (χ2n) is 6.11. The van der Waals surface area contributed by atoms with Crippen LogP contribution in [0.3, 0.4) is 0 Å². The molecule has 1 fully saturated rings. The van der Waals surface area contributed by atoms with Gasteiger partial charge in [-0.05, 0) is 42.4 Å². The lowest BCUT2D eigenvalue weighted by Crippen LogP contribution is -2.21. The van der Waals surface area contributed by atoms with Crippen molar-refractivity contribution in [2.45, 2.75) is 52.5 Å². The van der Waals surface area contributed by atoms with Gasteiger partial charge in [0.1, 0.15) is 5.75 Å². The Balaban J connectivity index is 1.65. The normalized spacial score (nSPS) is 16.3. The second-order valence-corrected chi connectivity index (χ2v) is 6.11. The van der Waals surface area contributed by atoms with E-state index in [1.165, 1.54) is 31.2 Å². The van der Waals surface area contributed by atoms with Crippen molar-refractivity contribution < 1.29 is 4.74 Å². The Morgan fingerprint density at radius 2 is 1.89 bits per heavy atom. The van der Waals surface area contributed by atoms with Gasteiger partial charge < -0.3 is 10.1 Å². The summed E-state index contributed by atoms with van der Waals surface area (Å²) in [6, 6.07) is 8.50. The maximum Gasteiger partial charge on any atom is 0.119 e. The number of unbranched alkanes of at least 4 members (excludes halogenated alkanes) is 2. The van der Waals surface area contributed by atoms with Gasteiger partial charge in [-0.2, -0.15) is 0 Å². The number of rotatable bonds is 9. The molecule has 0 saturated heterocycles. The molecule has 2 heteroatoms. The fraction of sp³-hybridized carbons (Fsp3) is 0.647. The van der Waals surface area contributed by atoms with E-state index in [9.17, 15) is 0 Å². The van der Waals surface area contributed by atoms with Crippen molar-refractivity contribution in [3.8, 4) is 5.75 Å². The molecular formula is C17H27NO. The number of nitrogens with one attached hydrogen (secondary N) is 1. The first-order valence-electron chi connectivity index (χ1n) is 7.64. The van der Waals surface area contributed by atoms with E-state index >= 15 is 0 Å². The Hall–Kier alpha value is -1.02. The van der Waals surface area contributed by atoms with Crippen molar-refractivity contribution in [1.82, 2.24) is 5.32 Å². The first-order chi connectivity index (χ1) is 9.22. The largest absolute Gasteiger partial charge is 0.494 e. The summed E-state index contributed by atoms with van der Waals surface area (Å²) in [6.45, 7) is 7.51. The van der Waals surface area contributed by atoms with E-state index in [1.807, 2.05) is 0 Å². The highest BCUT2D eigenvalue weighted by molar-refractivity contribution is 5.27. The molecule has 0 heterocycles. The average molecular weight is 261 g/mol. The maximum atomic E-state index is 5.71. The minimum atomic E-state index is 0.586. The molecule has 0 amide bonds. The van der Waals surface area contributed by atoms with Crippen LogP contribution in [0.1, 0.15) is 51.5 Å². The molecule has 1 saturated carbocycles. The molecule has 1 aromatic rings. The molecule has 1 aliphatic carbocycles. The SMILES string of the molecule is CCCCCOc1ccc(CNCC2(C)CC2)cc1. The molecule has 1 N–H and O–H groups in total. The summed E-state index contributed by atoms with van der Waals surface area (Å²) in [5.74, 6) is 0.994. The molecule has 0 aromatic heterocycles. The topological polar surface area (TPSA) is 21.3 Å². The van der Waals surface area contributed by atoms with Crippen molar-refractivity contribution in [3.05, 3.63) is 29.8 Å². The van der Waals surface area contributed by atoms with Crippen LogP contribution in [0.4, 0.5) is 0 Å². The molecule has 0 unspecified atom stereocenters. The summed E-state index contributed by atoms with van der Waals surface area (Å²) in [4.78, 5) is 0. The van der Waals surface area contributed by atoms with Gasteiger partial charge >= 0.3 is 0 Å². The maximum absolute atomic E-state index is 5.71. The molecule has 0 atom stereocenters. The second kappa shape index (κ2) is 6.95. The Labute approximate surface area is 117 Å². The Kier molecular flexibility index (Phi) is 5.26. The van der Waals surface area contributed by atoms with Crippen LogP contribution in [0.5, 0.6) is 5.75 Å². The van der Waals surface area contributed by atoms with Gasteiger partial charge in [-0.3, -0.25) is 0 Å². The first kappa shape index (κ1) is 14.4. The lowest BCUT2D eigenvalue weighted by Gasteiger charge is -2.10. The Morgan fingerprint density at radius 3 is 2.53 bits per heavy atom. The quantitative estimate of drug-likeness (QED) is 0.674. The van der Waals surface area contributed by atoms with E-state index in [4.69, 9.17) is 4.74 Å². The van der Waals surface area contributed by atoms with Crippen molar-refractivity contribution in [1.29, 1.82) is 0 Å². The van der Waals surface area contributed by atoms with Crippen molar-refractivity contribution in [2.24, 2.45) is 5.41 Å². The van der Waals surface area contributed by atoms with Crippen molar-refractivity contribution >= 4 is 0 Å². The molecule has 2 nitrogen and oxygen atoms in total. The molecule has 1 aromatic carbocycles. The van der Waals surface area contributed by atoms with Crippen molar-refractivity contribution in [3.63, 3.8) is 0 Å². The van der Waals surface area contributed by atoms with Crippen LogP contribution in [0.2, 0.25) is 0 Å². The summed E-state index contributed by atoms with van der Waals surface area (Å²) >= 11 is 0. The Morgan fingerprint density at radius 1 is 1.16 bits per heavy atom. The van der Waals surface area contributed by atoms with Gasteiger partial charge in [0, 0.05) is 13.1 Å². The van der Waals surface area contributed by atoms with Gasteiger partial charge in [0.2, 0.25) is 0 Å². The zero-order valence-electron chi connectivity index (χ0n) is 12.4. The van der Waals surface area contributed by atoms with Crippen LogP contribution < -0.4 is 10.1 Å². The fourth-order valence-corrected chi connectivity index (χ4v) is 2.14. The third-order valence-electron chi connectivity index (χ3n) is 3.92. The minimum Gasteiger partial charge on any atom is -0.494 e. The lowest BCUT2D eigenvalue weighted by atomic mass is 10.1. The highest BCUT2D eigenvalue weighted by Crippen LogP contribution is 2.44. The first-order valence-corrected chi connectivity index (χ1v) is 7.64. The van der Waals surface area contributed by atoms with Crippen LogP contribution in [-0.2, 0) is 6.54 Å². The standard InChI is InChI=1S/C17H27NO/c1-3-4-5-12-19-16-8-6-15(7-9-16)13-18-14-17(2)10-11-17/h6-9,18H,3-5,10-14H2,1-2H3. The lowest BCUT2D eigenvalue weighted by molar-refractivity contribution is 0.306. The van der Waals surface area contributed by atoms with Crippen LogP contribution in [0.15, 0.2) is 24.3 Å². The summed E-state index contributed by atoms with van der Waals surface area (Å²) in [6.07, 6.45) is 6.40. The van der Waals surface area contributed by atoms with E-state index < -0.39 is 0 Å². The number of hydrogen-bond donors (Lipinski definition) is 1. The van der Waals surface area contributed by atoms with Gasteiger partial charge in [0.25, 0.3) is 0 Å². The molecule has 0 bridgehead atoms. The Bertz CT molecular complexity index is 367. The van der Waals surface area contributed by atoms with Gasteiger partial charge in [-0.15, -0.1) is 0 Å². The summed E-state index contributed by atoms with van der Waals surface area (Å²) in [5, 5.41) is 3.54. The molecule has 2 rings (SSSR count).